The van der Waals surface area contributed by atoms with Gasteiger partial charge < -0.3 is 21.1 Å². The molecule has 5 nitrogen and oxygen atoms in total. The number of allylic oxidation sites excluding steroid dienone is 3. The Morgan fingerprint density at radius 2 is 1.97 bits per heavy atom. The molecule has 0 unspecified atom stereocenters. The van der Waals surface area contributed by atoms with Crippen molar-refractivity contribution in [3.8, 4) is 0 Å². The lowest BCUT2D eigenvalue weighted by Gasteiger charge is -2.39. The summed E-state index contributed by atoms with van der Waals surface area (Å²) in [4.78, 5) is 13.4. The van der Waals surface area contributed by atoms with Crippen LogP contribution in [0.3, 0.4) is 0 Å². The van der Waals surface area contributed by atoms with E-state index in [1.807, 2.05) is 37.3 Å². The topological polar surface area (TPSA) is 76.4 Å². The highest BCUT2D eigenvalue weighted by molar-refractivity contribution is 5.85. The van der Waals surface area contributed by atoms with Crippen molar-refractivity contribution in [2.75, 3.05) is 13.1 Å². The molecule has 0 bridgehead atoms. The first-order valence-corrected chi connectivity index (χ1v) is 13.6. The highest BCUT2D eigenvalue weighted by Gasteiger charge is 2.39. The summed E-state index contributed by atoms with van der Waals surface area (Å²) in [6, 6.07) is 13.4. The first-order chi connectivity index (χ1) is 17.9. The predicted octanol–water partition coefficient (Wildman–Crippen LogP) is 5.00. The zero-order valence-electron chi connectivity index (χ0n) is 21.6. The van der Waals surface area contributed by atoms with E-state index in [-0.39, 0.29) is 29.3 Å². The molecule has 3 atom stereocenters. The number of amides is 1. The zero-order valence-corrected chi connectivity index (χ0v) is 21.6. The molecule has 0 aromatic heterocycles. The van der Waals surface area contributed by atoms with Crippen molar-refractivity contribution in [3.63, 3.8) is 0 Å². The molecule has 1 aliphatic heterocycles. The molecule has 1 amide bonds. The number of aryl methyl sites for hydroxylation is 1. The Balaban J connectivity index is 1.28. The standard InChI is InChI=1S/C31H38FN3O2/c1-21-6-4-8-24(18-21)28(23-10-13-25(32)14-11-23)29(33)30(36)35-27-9-5-7-22(27)12-15-26-19-34-20-31(37-26)16-2-3-17-31/h4-6,8-11,13-14,18,26,28-29,34H,2-3,7,12,15-17,19-20,33H2,1H3,(H,35,36)/t26-,28+,29+/m1/s1. The summed E-state index contributed by atoms with van der Waals surface area (Å²) in [5, 5.41) is 6.70. The summed E-state index contributed by atoms with van der Waals surface area (Å²) in [6.07, 6.45) is 11.7. The Bertz CT molecular complexity index is 1170. The maximum absolute atomic E-state index is 13.6. The van der Waals surface area contributed by atoms with Crippen molar-refractivity contribution in [1.29, 1.82) is 0 Å². The highest BCUT2D eigenvalue weighted by Crippen LogP contribution is 2.36. The molecule has 2 aromatic rings. The normalized spacial score (nSPS) is 22.4. The van der Waals surface area contributed by atoms with E-state index in [1.54, 1.807) is 12.1 Å². The number of nitrogens with two attached hydrogens (primary N) is 1. The van der Waals surface area contributed by atoms with E-state index in [0.29, 0.717) is 0 Å². The summed E-state index contributed by atoms with van der Waals surface area (Å²) < 4.78 is 20.2. The monoisotopic (exact) mass is 503 g/mol. The molecule has 2 aromatic carbocycles. The van der Waals surface area contributed by atoms with Gasteiger partial charge in [0.05, 0.1) is 17.7 Å². The lowest BCUT2D eigenvalue weighted by molar-refractivity contribution is -0.121. The first-order valence-electron chi connectivity index (χ1n) is 13.6. The lowest BCUT2D eigenvalue weighted by Crippen LogP contribution is -2.52. The van der Waals surface area contributed by atoms with Crippen molar-refractivity contribution in [2.24, 2.45) is 5.73 Å². The number of carbonyl (C=O) groups is 1. The smallest absolute Gasteiger partial charge is 0.242 e. The van der Waals surface area contributed by atoms with Gasteiger partial charge in [0.1, 0.15) is 5.82 Å². The third-order valence-corrected chi connectivity index (χ3v) is 8.10. The number of nitrogens with one attached hydrogen (secondary N) is 2. The quantitative estimate of drug-likeness (QED) is 0.474. The molecule has 1 heterocycles. The number of benzene rings is 2. The SMILES string of the molecule is Cc1cccc([C@H](c2ccc(F)cc2)[C@H](N)C(=O)NC2=C(CC[C@@H]3CNCC4(CCCC4)O3)CC=C2)c1. The van der Waals surface area contributed by atoms with Gasteiger partial charge in [-0.25, -0.2) is 4.39 Å². The molecule has 37 heavy (non-hydrogen) atoms. The Morgan fingerprint density at radius 3 is 2.73 bits per heavy atom. The van der Waals surface area contributed by atoms with E-state index in [1.165, 1.54) is 30.5 Å². The first kappa shape index (κ1) is 25.8. The van der Waals surface area contributed by atoms with E-state index in [9.17, 15) is 9.18 Å². The van der Waals surface area contributed by atoms with Crippen LogP contribution in [-0.2, 0) is 9.53 Å². The maximum Gasteiger partial charge on any atom is 0.242 e. The van der Waals surface area contributed by atoms with Crippen molar-refractivity contribution >= 4 is 5.91 Å². The molecule has 0 radical (unpaired) electrons. The van der Waals surface area contributed by atoms with Crippen LogP contribution in [0.5, 0.6) is 0 Å². The Morgan fingerprint density at radius 1 is 1.19 bits per heavy atom. The van der Waals surface area contributed by atoms with Crippen LogP contribution in [-0.4, -0.2) is 36.7 Å². The number of carbonyl (C=O) groups excluding carboxylic acids is 1. The molecule has 6 heteroatoms. The predicted molar refractivity (Wildman–Crippen MR) is 144 cm³/mol. The number of hydrogen-bond donors (Lipinski definition) is 3. The Kier molecular flexibility index (Phi) is 7.89. The van der Waals surface area contributed by atoms with Gasteiger partial charge in [0.25, 0.3) is 0 Å². The van der Waals surface area contributed by atoms with E-state index in [2.05, 4.69) is 16.7 Å². The van der Waals surface area contributed by atoms with Crippen LogP contribution in [0.25, 0.3) is 0 Å². The Labute approximate surface area is 219 Å². The van der Waals surface area contributed by atoms with Gasteiger partial charge in [-0.2, -0.15) is 0 Å². The van der Waals surface area contributed by atoms with Gasteiger partial charge in [-0.05, 0) is 73.9 Å². The molecule has 196 valence electrons. The highest BCUT2D eigenvalue weighted by atomic mass is 19.1. The van der Waals surface area contributed by atoms with Crippen molar-refractivity contribution in [3.05, 3.63) is 94.5 Å². The summed E-state index contributed by atoms with van der Waals surface area (Å²) in [5.41, 5.74) is 11.5. The summed E-state index contributed by atoms with van der Waals surface area (Å²) in [5.74, 6) is -0.943. The maximum atomic E-state index is 13.6. The number of rotatable bonds is 8. The molecule has 3 aliphatic rings. The van der Waals surface area contributed by atoms with Gasteiger partial charge in [-0.15, -0.1) is 0 Å². The minimum atomic E-state index is -0.830. The molecular formula is C31H38FN3O2. The lowest BCUT2D eigenvalue weighted by atomic mass is 9.84. The van der Waals surface area contributed by atoms with Gasteiger partial charge >= 0.3 is 0 Å². The number of halogens is 1. The number of hydrogen-bond acceptors (Lipinski definition) is 4. The van der Waals surface area contributed by atoms with Crippen LogP contribution < -0.4 is 16.4 Å². The summed E-state index contributed by atoms with van der Waals surface area (Å²) in [6.45, 7) is 3.85. The van der Waals surface area contributed by atoms with Gasteiger partial charge in [-0.1, -0.05) is 60.9 Å². The van der Waals surface area contributed by atoms with Crippen LogP contribution in [0, 0.1) is 12.7 Å². The van der Waals surface area contributed by atoms with Crippen LogP contribution in [0.1, 0.15) is 67.6 Å². The van der Waals surface area contributed by atoms with E-state index >= 15 is 0 Å². The van der Waals surface area contributed by atoms with Gasteiger partial charge in [0.2, 0.25) is 5.91 Å². The second kappa shape index (κ2) is 11.3. The fraction of sp³-hybridized carbons (Fsp3) is 0.452. The summed E-state index contributed by atoms with van der Waals surface area (Å²) in [7, 11) is 0. The van der Waals surface area contributed by atoms with Crippen LogP contribution in [0.2, 0.25) is 0 Å². The van der Waals surface area contributed by atoms with E-state index in [0.717, 1.165) is 67.6 Å². The second-order valence-corrected chi connectivity index (χ2v) is 10.9. The molecule has 5 rings (SSSR count). The van der Waals surface area contributed by atoms with Crippen LogP contribution in [0.15, 0.2) is 72.0 Å². The molecule has 1 saturated carbocycles. The zero-order chi connectivity index (χ0) is 25.8. The summed E-state index contributed by atoms with van der Waals surface area (Å²) >= 11 is 0. The second-order valence-electron chi connectivity index (χ2n) is 10.9. The third kappa shape index (κ3) is 6.03. The number of morpholine rings is 1. The fourth-order valence-corrected chi connectivity index (χ4v) is 6.13. The minimum Gasteiger partial charge on any atom is -0.369 e. The third-order valence-electron chi connectivity index (χ3n) is 8.10. The van der Waals surface area contributed by atoms with Crippen LogP contribution in [0.4, 0.5) is 4.39 Å². The minimum absolute atomic E-state index is 0.0280. The van der Waals surface area contributed by atoms with E-state index in [4.69, 9.17) is 10.5 Å². The molecular weight excluding hydrogens is 465 g/mol. The largest absolute Gasteiger partial charge is 0.369 e. The fourth-order valence-electron chi connectivity index (χ4n) is 6.13. The van der Waals surface area contributed by atoms with Crippen molar-refractivity contribution < 1.29 is 13.9 Å². The Hall–Kier alpha value is -2.80. The van der Waals surface area contributed by atoms with Gasteiger partial charge in [0, 0.05) is 24.7 Å². The molecule has 4 N–H and O–H groups in total. The van der Waals surface area contributed by atoms with E-state index < -0.39 is 6.04 Å². The molecule has 1 saturated heterocycles. The average molecular weight is 504 g/mol. The van der Waals surface area contributed by atoms with Gasteiger partial charge in [0.15, 0.2) is 0 Å². The van der Waals surface area contributed by atoms with Crippen molar-refractivity contribution in [1.82, 2.24) is 10.6 Å². The number of ether oxygens (including phenoxy) is 1. The average Bonchev–Trinajstić information content (AvgIpc) is 3.53. The van der Waals surface area contributed by atoms with Crippen LogP contribution >= 0.6 is 0 Å². The van der Waals surface area contributed by atoms with Gasteiger partial charge in [-0.3, -0.25) is 4.79 Å². The molecule has 1 spiro atoms. The molecule has 2 fully saturated rings. The van der Waals surface area contributed by atoms with Crippen molar-refractivity contribution in [2.45, 2.75) is 75.5 Å². The molecule has 2 aliphatic carbocycles.